The van der Waals surface area contributed by atoms with Gasteiger partial charge in [-0.05, 0) is 19.2 Å². The summed E-state index contributed by atoms with van der Waals surface area (Å²) >= 11 is 2.04. The van der Waals surface area contributed by atoms with Gasteiger partial charge < -0.3 is 5.32 Å². The fourth-order valence-corrected chi connectivity index (χ4v) is 2.00. The normalized spacial score (nSPS) is 31.3. The zero-order valence-electron chi connectivity index (χ0n) is 4.61. The van der Waals surface area contributed by atoms with E-state index in [0.29, 0.717) is 0 Å². The van der Waals surface area contributed by atoms with Gasteiger partial charge in [0.2, 0.25) is 0 Å². The zero-order valence-corrected chi connectivity index (χ0v) is 5.42. The molecule has 7 heavy (non-hydrogen) atoms. The van der Waals surface area contributed by atoms with Crippen molar-refractivity contribution in [1.29, 1.82) is 0 Å². The van der Waals surface area contributed by atoms with E-state index in [-0.39, 0.29) is 0 Å². The molecule has 0 radical (unpaired) electrons. The van der Waals surface area contributed by atoms with E-state index >= 15 is 0 Å². The molecule has 1 N–H and O–H groups in total. The summed E-state index contributed by atoms with van der Waals surface area (Å²) in [4.78, 5) is 0. The van der Waals surface area contributed by atoms with Gasteiger partial charge in [-0.2, -0.15) is 11.8 Å². The van der Waals surface area contributed by atoms with Gasteiger partial charge in [-0.3, -0.25) is 0 Å². The van der Waals surface area contributed by atoms with Gasteiger partial charge in [0.1, 0.15) is 0 Å². The highest BCUT2D eigenvalue weighted by atomic mass is 32.2. The molecular formula is C5H11NS. The van der Waals surface area contributed by atoms with Crippen LogP contribution in [0.1, 0.15) is 6.42 Å². The van der Waals surface area contributed by atoms with Crippen LogP contribution in [0.15, 0.2) is 0 Å². The average Bonchev–Trinajstić information content (AvgIpc) is 2.14. The predicted octanol–water partition coefficient (Wildman–Crippen LogP) is 0.711. The lowest BCUT2D eigenvalue weighted by molar-refractivity contribution is 0.624. The van der Waals surface area contributed by atoms with Crippen LogP contribution in [0.2, 0.25) is 0 Å². The van der Waals surface area contributed by atoms with E-state index in [1.165, 1.54) is 17.9 Å². The molecule has 1 atom stereocenters. The number of thioether (sulfide) groups is 1. The standard InChI is InChI=1S/C5H11NS/c1-6-5-2-3-7-4-5/h5-6H,2-4H2,1H3/t5-/m1/s1. The van der Waals surface area contributed by atoms with E-state index in [1.54, 1.807) is 0 Å². The molecule has 1 saturated heterocycles. The van der Waals surface area contributed by atoms with Crippen molar-refractivity contribution in [3.63, 3.8) is 0 Å². The van der Waals surface area contributed by atoms with Gasteiger partial charge in [0.15, 0.2) is 0 Å². The number of hydrogen-bond donors (Lipinski definition) is 1. The van der Waals surface area contributed by atoms with Gasteiger partial charge in [0.25, 0.3) is 0 Å². The van der Waals surface area contributed by atoms with Crippen molar-refractivity contribution in [2.24, 2.45) is 0 Å². The summed E-state index contributed by atoms with van der Waals surface area (Å²) in [6, 6.07) is 0.810. The van der Waals surface area contributed by atoms with Crippen LogP contribution in [0.5, 0.6) is 0 Å². The largest absolute Gasteiger partial charge is 0.316 e. The minimum Gasteiger partial charge on any atom is -0.316 e. The minimum absolute atomic E-state index is 0.810. The molecule has 42 valence electrons. The Morgan fingerprint density at radius 1 is 1.71 bits per heavy atom. The molecule has 0 aliphatic carbocycles. The highest BCUT2D eigenvalue weighted by Gasteiger charge is 2.11. The molecule has 1 nitrogen and oxygen atoms in total. The van der Waals surface area contributed by atoms with Crippen molar-refractivity contribution in [2.75, 3.05) is 18.6 Å². The second-order valence-electron chi connectivity index (χ2n) is 1.85. The molecule has 0 aromatic rings. The first-order chi connectivity index (χ1) is 3.43. The molecular weight excluding hydrogens is 106 g/mol. The molecule has 2 heteroatoms. The minimum atomic E-state index is 0.810. The Balaban J connectivity index is 2.14. The van der Waals surface area contributed by atoms with E-state index < -0.39 is 0 Å². The van der Waals surface area contributed by atoms with Crippen LogP contribution in [0.25, 0.3) is 0 Å². The third-order valence-corrected chi connectivity index (χ3v) is 2.50. The van der Waals surface area contributed by atoms with E-state index in [2.05, 4.69) is 5.32 Å². The van der Waals surface area contributed by atoms with E-state index in [1.807, 2.05) is 18.8 Å². The molecule has 1 aliphatic rings. The lowest BCUT2D eigenvalue weighted by atomic mass is 10.3. The lowest BCUT2D eigenvalue weighted by Crippen LogP contribution is -2.23. The lowest BCUT2D eigenvalue weighted by Gasteiger charge is -2.02. The first-order valence-corrected chi connectivity index (χ1v) is 3.84. The number of hydrogen-bond acceptors (Lipinski definition) is 2. The number of rotatable bonds is 1. The Labute approximate surface area is 48.9 Å². The molecule has 0 aromatic heterocycles. The molecule has 0 bridgehead atoms. The first-order valence-electron chi connectivity index (χ1n) is 2.68. The van der Waals surface area contributed by atoms with Crippen molar-refractivity contribution < 1.29 is 0 Å². The van der Waals surface area contributed by atoms with Crippen LogP contribution in [0.4, 0.5) is 0 Å². The summed E-state index contributed by atoms with van der Waals surface area (Å²) in [7, 11) is 2.04. The van der Waals surface area contributed by atoms with Crippen LogP contribution in [0.3, 0.4) is 0 Å². The average molecular weight is 117 g/mol. The van der Waals surface area contributed by atoms with Gasteiger partial charge >= 0.3 is 0 Å². The molecule has 0 aromatic carbocycles. The highest BCUT2D eigenvalue weighted by molar-refractivity contribution is 7.99. The van der Waals surface area contributed by atoms with Gasteiger partial charge in [-0.25, -0.2) is 0 Å². The SMILES string of the molecule is CN[C@@H]1CCSC1. The van der Waals surface area contributed by atoms with Crippen molar-refractivity contribution in [1.82, 2.24) is 5.32 Å². The van der Waals surface area contributed by atoms with Crippen molar-refractivity contribution in [2.45, 2.75) is 12.5 Å². The highest BCUT2D eigenvalue weighted by Crippen LogP contribution is 2.15. The van der Waals surface area contributed by atoms with Crippen molar-refractivity contribution >= 4 is 11.8 Å². The molecule has 0 unspecified atom stereocenters. The summed E-state index contributed by atoms with van der Waals surface area (Å²) in [5.74, 6) is 2.67. The fraction of sp³-hybridized carbons (Fsp3) is 1.00. The third kappa shape index (κ3) is 1.35. The van der Waals surface area contributed by atoms with Crippen LogP contribution >= 0.6 is 11.8 Å². The monoisotopic (exact) mass is 117 g/mol. The molecule has 0 saturated carbocycles. The Kier molecular flexibility index (Phi) is 2.00. The predicted molar refractivity (Wildman–Crippen MR) is 34.8 cm³/mol. The maximum absolute atomic E-state index is 3.24. The van der Waals surface area contributed by atoms with Crippen LogP contribution in [-0.2, 0) is 0 Å². The Bertz CT molecular complexity index is 50.0. The fourth-order valence-electron chi connectivity index (χ4n) is 0.762. The Morgan fingerprint density at radius 3 is 2.86 bits per heavy atom. The molecule has 1 fully saturated rings. The Hall–Kier alpha value is 0.310. The Morgan fingerprint density at radius 2 is 2.57 bits per heavy atom. The molecule has 1 heterocycles. The topological polar surface area (TPSA) is 12.0 Å². The van der Waals surface area contributed by atoms with Crippen molar-refractivity contribution in [3.05, 3.63) is 0 Å². The maximum atomic E-state index is 3.24. The molecule has 1 aliphatic heterocycles. The van der Waals surface area contributed by atoms with E-state index in [4.69, 9.17) is 0 Å². The zero-order chi connectivity index (χ0) is 5.11. The smallest absolute Gasteiger partial charge is 0.0163 e. The third-order valence-electron chi connectivity index (χ3n) is 1.34. The van der Waals surface area contributed by atoms with Gasteiger partial charge in [-0.1, -0.05) is 0 Å². The summed E-state index contributed by atoms with van der Waals surface area (Å²) < 4.78 is 0. The summed E-state index contributed by atoms with van der Waals surface area (Å²) in [6.45, 7) is 0. The number of nitrogens with one attached hydrogen (secondary N) is 1. The first kappa shape index (κ1) is 5.45. The molecule has 0 spiro atoms. The summed E-state index contributed by atoms with van der Waals surface area (Å²) in [5, 5.41) is 3.24. The molecule has 1 rings (SSSR count). The quantitative estimate of drug-likeness (QED) is 0.543. The second kappa shape index (κ2) is 2.58. The van der Waals surface area contributed by atoms with E-state index in [0.717, 1.165) is 6.04 Å². The van der Waals surface area contributed by atoms with Crippen LogP contribution in [0, 0.1) is 0 Å². The summed E-state index contributed by atoms with van der Waals surface area (Å²) in [5.41, 5.74) is 0. The van der Waals surface area contributed by atoms with Crippen LogP contribution < -0.4 is 5.32 Å². The van der Waals surface area contributed by atoms with E-state index in [9.17, 15) is 0 Å². The van der Waals surface area contributed by atoms with Gasteiger partial charge in [-0.15, -0.1) is 0 Å². The maximum Gasteiger partial charge on any atom is 0.0163 e. The van der Waals surface area contributed by atoms with Gasteiger partial charge in [0.05, 0.1) is 0 Å². The van der Waals surface area contributed by atoms with Crippen molar-refractivity contribution in [3.8, 4) is 0 Å². The second-order valence-corrected chi connectivity index (χ2v) is 3.00. The van der Waals surface area contributed by atoms with Gasteiger partial charge in [0, 0.05) is 11.8 Å². The molecule has 0 amide bonds. The summed E-state index contributed by atoms with van der Waals surface area (Å²) in [6.07, 6.45) is 1.36. The van der Waals surface area contributed by atoms with Crippen LogP contribution in [-0.4, -0.2) is 24.6 Å².